The van der Waals surface area contributed by atoms with Crippen molar-refractivity contribution in [3.63, 3.8) is 0 Å². The molecule has 0 saturated carbocycles. The first-order valence-corrected chi connectivity index (χ1v) is 25.4. The van der Waals surface area contributed by atoms with Crippen molar-refractivity contribution >= 4 is 17.9 Å². The topological polar surface area (TPSA) is 108 Å². The Labute approximate surface area is 397 Å². The number of rotatable bonds is 45. The Morgan fingerprint density at radius 3 is 1.31 bits per heavy atom. The largest absolute Gasteiger partial charge is 0.477 e. The summed E-state index contributed by atoms with van der Waals surface area (Å²) >= 11 is 0. The van der Waals surface area contributed by atoms with Crippen LogP contribution in [0.4, 0.5) is 0 Å². The molecule has 0 spiro atoms. The molecular weight excluding hydrogens is 815 g/mol. The average molecular weight is 909 g/mol. The van der Waals surface area contributed by atoms with E-state index < -0.39 is 24.3 Å². The molecule has 9 heteroatoms. The molecule has 0 aliphatic rings. The second kappa shape index (κ2) is 46.7. The Kier molecular flexibility index (Phi) is 44.0. The Morgan fingerprint density at radius 2 is 0.877 bits per heavy atom. The summed E-state index contributed by atoms with van der Waals surface area (Å²) in [5.41, 5.74) is 0. The summed E-state index contributed by atoms with van der Waals surface area (Å²) in [6.45, 7) is 4.67. The standard InChI is InChI=1S/C56H93NO8/c1-6-8-10-12-14-15-16-17-18-19-20-21-22-23-24-25-26-27-28-29-30-31-32-33-34-35-36-37-38-39-41-43-45-47-54(59)65-52(50-63-53(58)46-44-42-40-13-11-9-7-2)51-64-56(55(60)61)62-49-48-57(3,4)5/h8,10,14-15,17-18,20-21,23-24,26-27,29-30,32-33,52,56H,6-7,9,11-13,16,19,22,25,28,31,34-51H2,1-5H3/p+1/b10-8-,15-14-,18-17-,21-20-,24-23-,27-26-,30-29-,33-32-. The van der Waals surface area contributed by atoms with Gasteiger partial charge in [-0.3, -0.25) is 9.59 Å². The van der Waals surface area contributed by atoms with Crippen LogP contribution in [0.2, 0.25) is 0 Å². The predicted molar refractivity (Wildman–Crippen MR) is 272 cm³/mol. The van der Waals surface area contributed by atoms with Crippen molar-refractivity contribution in [1.29, 1.82) is 0 Å². The zero-order valence-electron chi connectivity index (χ0n) is 41.9. The molecule has 0 rings (SSSR count). The number of likely N-dealkylation sites (N-methyl/N-ethyl adjacent to an activating group) is 1. The molecule has 65 heavy (non-hydrogen) atoms. The van der Waals surface area contributed by atoms with E-state index in [0.29, 0.717) is 23.9 Å². The zero-order chi connectivity index (χ0) is 47.7. The first kappa shape index (κ1) is 61.2. The fraction of sp³-hybridized carbons (Fsp3) is 0.661. The maximum atomic E-state index is 12.8. The van der Waals surface area contributed by atoms with Crippen LogP contribution in [0.1, 0.15) is 181 Å². The quantitative estimate of drug-likeness (QED) is 0.0212. The van der Waals surface area contributed by atoms with Crippen molar-refractivity contribution in [3.8, 4) is 0 Å². The molecule has 1 N–H and O–H groups in total. The molecule has 2 atom stereocenters. The molecular formula is C56H94NO8+. The van der Waals surface area contributed by atoms with Crippen molar-refractivity contribution in [1.82, 2.24) is 0 Å². The number of aliphatic carboxylic acids is 1. The van der Waals surface area contributed by atoms with E-state index in [4.69, 9.17) is 18.9 Å². The Morgan fingerprint density at radius 1 is 0.477 bits per heavy atom. The fourth-order valence-corrected chi connectivity index (χ4v) is 6.44. The average Bonchev–Trinajstić information content (AvgIpc) is 3.27. The van der Waals surface area contributed by atoms with E-state index in [9.17, 15) is 19.5 Å². The highest BCUT2D eigenvalue weighted by molar-refractivity contribution is 5.71. The van der Waals surface area contributed by atoms with Gasteiger partial charge in [-0.25, -0.2) is 4.79 Å². The smallest absolute Gasteiger partial charge is 0.361 e. The molecule has 9 nitrogen and oxygen atoms in total. The molecule has 0 fully saturated rings. The molecule has 0 radical (unpaired) electrons. The molecule has 0 saturated heterocycles. The van der Waals surface area contributed by atoms with Crippen molar-refractivity contribution in [3.05, 3.63) is 97.2 Å². The van der Waals surface area contributed by atoms with E-state index in [1.807, 2.05) is 21.1 Å². The highest BCUT2D eigenvalue weighted by Gasteiger charge is 2.25. The van der Waals surface area contributed by atoms with Gasteiger partial charge in [-0.05, 0) is 77.0 Å². The van der Waals surface area contributed by atoms with Gasteiger partial charge in [0.2, 0.25) is 0 Å². The number of hydrogen-bond acceptors (Lipinski definition) is 7. The summed E-state index contributed by atoms with van der Waals surface area (Å²) in [7, 11) is 5.94. The summed E-state index contributed by atoms with van der Waals surface area (Å²) in [5, 5.41) is 9.62. The first-order chi connectivity index (χ1) is 31.6. The summed E-state index contributed by atoms with van der Waals surface area (Å²) in [6, 6.07) is 0. The number of hydrogen-bond donors (Lipinski definition) is 1. The van der Waals surface area contributed by atoms with Crippen LogP contribution < -0.4 is 0 Å². The molecule has 0 aromatic heterocycles. The maximum Gasteiger partial charge on any atom is 0.361 e. The van der Waals surface area contributed by atoms with E-state index in [1.54, 1.807) is 0 Å². The van der Waals surface area contributed by atoms with Crippen molar-refractivity contribution in [2.24, 2.45) is 0 Å². The molecule has 0 aromatic carbocycles. The van der Waals surface area contributed by atoms with Gasteiger partial charge in [-0.2, -0.15) is 0 Å². The highest BCUT2D eigenvalue weighted by Crippen LogP contribution is 2.13. The molecule has 0 aliphatic carbocycles. The lowest BCUT2D eigenvalue weighted by Gasteiger charge is -2.25. The lowest BCUT2D eigenvalue weighted by Crippen LogP contribution is -2.40. The van der Waals surface area contributed by atoms with Crippen LogP contribution in [0.15, 0.2) is 97.2 Å². The van der Waals surface area contributed by atoms with Crippen LogP contribution in [0.25, 0.3) is 0 Å². The third kappa shape index (κ3) is 48.0. The number of unbranched alkanes of at least 4 members (excludes halogenated alkanes) is 14. The Balaban J connectivity index is 4.16. The van der Waals surface area contributed by atoms with Crippen LogP contribution in [0.3, 0.4) is 0 Å². The van der Waals surface area contributed by atoms with Gasteiger partial charge in [0.1, 0.15) is 13.2 Å². The molecule has 0 aromatic rings. The zero-order valence-corrected chi connectivity index (χ0v) is 41.9. The number of nitrogens with zero attached hydrogens (tertiary/aromatic N) is 1. The van der Waals surface area contributed by atoms with Gasteiger partial charge in [-0.1, -0.05) is 188 Å². The number of carbonyl (C=O) groups is 3. The van der Waals surface area contributed by atoms with E-state index in [2.05, 4.69) is 111 Å². The normalized spacial score (nSPS) is 13.7. The van der Waals surface area contributed by atoms with Gasteiger partial charge in [0.05, 0.1) is 34.4 Å². The number of quaternary nitrogens is 1. The highest BCUT2D eigenvalue weighted by atomic mass is 16.7. The molecule has 0 heterocycles. The minimum absolute atomic E-state index is 0.182. The third-order valence-corrected chi connectivity index (χ3v) is 10.4. The lowest BCUT2D eigenvalue weighted by atomic mass is 10.1. The van der Waals surface area contributed by atoms with Gasteiger partial charge in [0, 0.05) is 12.8 Å². The molecule has 0 bridgehead atoms. The van der Waals surface area contributed by atoms with E-state index >= 15 is 0 Å². The van der Waals surface area contributed by atoms with Gasteiger partial charge < -0.3 is 28.5 Å². The maximum absolute atomic E-state index is 12.8. The number of carbonyl (C=O) groups excluding carboxylic acids is 2. The number of allylic oxidation sites excluding steroid dienone is 16. The molecule has 370 valence electrons. The number of carboxylic acid groups (broad SMARTS) is 1. The monoisotopic (exact) mass is 909 g/mol. The van der Waals surface area contributed by atoms with Crippen LogP contribution in [-0.4, -0.2) is 87.4 Å². The van der Waals surface area contributed by atoms with Crippen molar-refractivity contribution in [2.75, 3.05) is 47.5 Å². The van der Waals surface area contributed by atoms with E-state index in [0.717, 1.165) is 96.3 Å². The number of carboxylic acids is 1. The van der Waals surface area contributed by atoms with Gasteiger partial charge in [0.25, 0.3) is 6.29 Å². The second-order valence-electron chi connectivity index (χ2n) is 17.8. The van der Waals surface area contributed by atoms with E-state index in [1.165, 1.54) is 51.4 Å². The summed E-state index contributed by atoms with van der Waals surface area (Å²) in [5.74, 6) is -2.04. The number of ether oxygens (including phenoxy) is 4. The van der Waals surface area contributed by atoms with Gasteiger partial charge >= 0.3 is 17.9 Å². The van der Waals surface area contributed by atoms with Gasteiger partial charge in [0.15, 0.2) is 6.10 Å². The summed E-state index contributed by atoms with van der Waals surface area (Å²) in [4.78, 5) is 37.0. The fourth-order valence-electron chi connectivity index (χ4n) is 6.44. The Hall–Kier alpha value is -3.79. The molecule has 0 aliphatic heterocycles. The van der Waals surface area contributed by atoms with E-state index in [-0.39, 0.29) is 32.2 Å². The van der Waals surface area contributed by atoms with Crippen molar-refractivity contribution in [2.45, 2.75) is 193 Å². The summed E-state index contributed by atoms with van der Waals surface area (Å²) < 4.78 is 22.6. The summed E-state index contributed by atoms with van der Waals surface area (Å²) in [6.07, 6.45) is 59.3. The molecule has 2 unspecified atom stereocenters. The SMILES string of the molecule is CC/C=C\C/C=C\C/C=C\C/C=C\C/C=C\C/C=C\C/C=C\C/C=C\CCCCCCCCCCC(=O)OC(COC(=O)CCCCCCCCC)COC(OCC[N+](C)(C)C)C(=O)O. The Bertz CT molecular complexity index is 1380. The van der Waals surface area contributed by atoms with Crippen molar-refractivity contribution < 1.29 is 42.9 Å². The minimum atomic E-state index is -1.51. The molecule has 0 amide bonds. The predicted octanol–water partition coefficient (Wildman–Crippen LogP) is 14.2. The minimum Gasteiger partial charge on any atom is -0.477 e. The lowest BCUT2D eigenvalue weighted by molar-refractivity contribution is -0.870. The van der Waals surface area contributed by atoms with Crippen LogP contribution in [0.5, 0.6) is 0 Å². The number of esters is 2. The van der Waals surface area contributed by atoms with Crippen LogP contribution in [0, 0.1) is 0 Å². The van der Waals surface area contributed by atoms with Gasteiger partial charge in [-0.15, -0.1) is 0 Å². The second-order valence-corrected chi connectivity index (χ2v) is 17.8. The van der Waals surface area contributed by atoms with Crippen LogP contribution in [-0.2, 0) is 33.3 Å². The van der Waals surface area contributed by atoms with Crippen LogP contribution >= 0.6 is 0 Å². The third-order valence-electron chi connectivity index (χ3n) is 10.4. The first-order valence-electron chi connectivity index (χ1n) is 25.4.